The minimum atomic E-state index is 0.0673. The van der Waals surface area contributed by atoms with Gasteiger partial charge in [-0.3, -0.25) is 10.3 Å². The molecule has 1 aromatic carbocycles. The van der Waals surface area contributed by atoms with Crippen LogP contribution in [0.25, 0.3) is 0 Å². The highest BCUT2D eigenvalue weighted by molar-refractivity contribution is 5.97. The van der Waals surface area contributed by atoms with Crippen LogP contribution >= 0.6 is 0 Å². The van der Waals surface area contributed by atoms with Gasteiger partial charge in [0.25, 0.3) is 0 Å². The van der Waals surface area contributed by atoms with Crippen molar-refractivity contribution in [2.75, 3.05) is 18.5 Å². The number of fused-ring (bicyclic) bond motifs is 2. The Morgan fingerprint density at radius 3 is 2.90 bits per heavy atom. The largest absolute Gasteiger partial charge is 0.376 e. The van der Waals surface area contributed by atoms with Crippen LogP contribution in [0.4, 0.5) is 5.69 Å². The molecule has 3 heterocycles. The third-order valence-electron chi connectivity index (χ3n) is 7.80. The third kappa shape index (κ3) is 6.40. The van der Waals surface area contributed by atoms with Gasteiger partial charge in [-0.1, -0.05) is 50.1 Å². The summed E-state index contributed by atoms with van der Waals surface area (Å²) in [7, 11) is 2.11. The molecule has 1 aliphatic carbocycles. The van der Waals surface area contributed by atoms with Crippen LogP contribution < -0.4 is 15.6 Å². The van der Waals surface area contributed by atoms with Gasteiger partial charge in [-0.2, -0.15) is 10.2 Å². The number of rotatable bonds is 9. The monoisotopic (exact) mass is 524 g/mol. The van der Waals surface area contributed by atoms with Crippen molar-refractivity contribution < 1.29 is 0 Å². The molecule has 8 heteroatoms. The highest BCUT2D eigenvalue weighted by Gasteiger charge is 2.25. The second-order valence-electron chi connectivity index (χ2n) is 10.7. The number of benzene rings is 1. The lowest BCUT2D eigenvalue weighted by molar-refractivity contribution is 0.201. The van der Waals surface area contributed by atoms with Crippen molar-refractivity contribution in [1.29, 1.82) is 0 Å². The first-order chi connectivity index (χ1) is 18.9. The van der Waals surface area contributed by atoms with E-state index in [-0.39, 0.29) is 6.04 Å². The van der Waals surface area contributed by atoms with E-state index in [4.69, 9.17) is 0 Å². The van der Waals surface area contributed by atoms with Crippen LogP contribution in [0.3, 0.4) is 0 Å². The molecule has 1 atom stereocenters. The Bertz CT molecular complexity index is 1340. The number of likely N-dealkylation sites (N-methyl/N-ethyl adjacent to an activating group) is 1. The summed E-state index contributed by atoms with van der Waals surface area (Å²) in [5, 5.41) is 12.4. The molecule has 2 aliphatic heterocycles. The van der Waals surface area contributed by atoms with Gasteiger partial charge in [0.1, 0.15) is 12.2 Å². The second-order valence-corrected chi connectivity index (χ2v) is 10.7. The van der Waals surface area contributed by atoms with Crippen LogP contribution in [-0.4, -0.2) is 45.0 Å². The van der Waals surface area contributed by atoms with Crippen molar-refractivity contribution in [1.82, 2.24) is 30.4 Å². The lowest BCUT2D eigenvalue weighted by Gasteiger charge is -2.29. The van der Waals surface area contributed by atoms with Crippen LogP contribution in [0.15, 0.2) is 90.3 Å². The number of hydrogen-bond acceptors (Lipinski definition) is 7. The summed E-state index contributed by atoms with van der Waals surface area (Å²) in [5.74, 6) is 1.03. The Labute approximate surface area is 232 Å². The molecule has 5 rings (SSSR count). The van der Waals surface area contributed by atoms with E-state index in [9.17, 15) is 0 Å². The summed E-state index contributed by atoms with van der Waals surface area (Å²) in [5.41, 5.74) is 11.7. The van der Waals surface area contributed by atoms with E-state index in [1.807, 2.05) is 11.6 Å². The maximum atomic E-state index is 4.54. The standard InChI is InChI=1S/C31H40N8/c1-22(17-26-9-7-6-8-10-26)35-36-24(3)23(2)34-29-14-13-28-12-11-27(18-30(28)37(5)25(29)4)19-38-15-16-39-31(20-38)32-21-33-39/h7,9-12,18,21,29,34-35H,1-2,4,6,8,13-17,19-20H2,3,5H3/b36-24+/t29-/m0/s1. The molecule has 8 nitrogen and oxygen atoms in total. The molecule has 0 amide bonds. The van der Waals surface area contributed by atoms with E-state index in [1.165, 1.54) is 22.4 Å². The smallest absolute Gasteiger partial charge is 0.141 e. The van der Waals surface area contributed by atoms with Crippen molar-refractivity contribution >= 4 is 11.4 Å². The van der Waals surface area contributed by atoms with E-state index < -0.39 is 0 Å². The first kappa shape index (κ1) is 26.7. The second kappa shape index (κ2) is 11.9. The maximum absolute atomic E-state index is 4.54. The minimum absolute atomic E-state index is 0.0673. The fourth-order valence-electron chi connectivity index (χ4n) is 5.38. The highest BCUT2D eigenvalue weighted by Crippen LogP contribution is 2.32. The summed E-state index contributed by atoms with van der Waals surface area (Å²) in [6.45, 7) is 18.4. The van der Waals surface area contributed by atoms with E-state index in [1.54, 1.807) is 6.33 Å². The van der Waals surface area contributed by atoms with Crippen molar-refractivity contribution in [3.8, 4) is 0 Å². The van der Waals surface area contributed by atoms with Gasteiger partial charge in [0.15, 0.2) is 0 Å². The first-order valence-electron chi connectivity index (χ1n) is 13.8. The van der Waals surface area contributed by atoms with Crippen LogP contribution in [-0.2, 0) is 26.1 Å². The fraction of sp³-hybridized carbons (Fsp3) is 0.387. The molecule has 0 unspecified atom stereocenters. The summed E-state index contributed by atoms with van der Waals surface area (Å²) >= 11 is 0. The van der Waals surface area contributed by atoms with Crippen LogP contribution in [0.1, 0.15) is 49.6 Å². The zero-order valence-corrected chi connectivity index (χ0v) is 23.3. The normalized spacial score (nSPS) is 19.6. The van der Waals surface area contributed by atoms with Crippen LogP contribution in [0.5, 0.6) is 0 Å². The zero-order chi connectivity index (χ0) is 27.4. The summed E-state index contributed by atoms with van der Waals surface area (Å²) in [6.07, 6.45) is 13.2. The summed E-state index contributed by atoms with van der Waals surface area (Å²) < 4.78 is 2.00. The van der Waals surface area contributed by atoms with E-state index in [0.717, 1.165) is 86.9 Å². The number of nitrogens with one attached hydrogen (secondary N) is 2. The number of nitrogens with zero attached hydrogens (tertiary/aromatic N) is 6. The van der Waals surface area contributed by atoms with Gasteiger partial charge in [-0.15, -0.1) is 0 Å². The van der Waals surface area contributed by atoms with Gasteiger partial charge in [-0.05, 0) is 55.4 Å². The molecule has 2 N–H and O–H groups in total. The molecular formula is C31H40N8. The zero-order valence-electron chi connectivity index (χ0n) is 23.3. The van der Waals surface area contributed by atoms with Gasteiger partial charge in [0, 0.05) is 43.6 Å². The van der Waals surface area contributed by atoms with Crippen molar-refractivity contribution in [2.45, 2.75) is 64.7 Å². The predicted molar refractivity (Wildman–Crippen MR) is 159 cm³/mol. The Kier molecular flexibility index (Phi) is 8.12. The SMILES string of the molecule is C=C(CC1=CCCC=C1)N/N=C(\C)C(=C)N[C@H]1CCc2ccc(CN3CCn4ncnc4C3)cc2N(C)C1=C. The van der Waals surface area contributed by atoms with Gasteiger partial charge < -0.3 is 10.2 Å². The van der Waals surface area contributed by atoms with Crippen LogP contribution in [0, 0.1) is 0 Å². The fourth-order valence-corrected chi connectivity index (χ4v) is 5.38. The molecule has 0 spiro atoms. The topological polar surface area (TPSA) is 73.6 Å². The van der Waals surface area contributed by atoms with Crippen molar-refractivity contribution in [2.24, 2.45) is 5.10 Å². The average molecular weight is 525 g/mol. The molecule has 0 fully saturated rings. The molecule has 3 aliphatic rings. The number of hydrogen-bond donors (Lipinski definition) is 2. The Balaban J connectivity index is 1.18. The number of hydrazone groups is 1. The summed E-state index contributed by atoms with van der Waals surface area (Å²) in [6, 6.07) is 6.92. The molecule has 2 aromatic rings. The van der Waals surface area contributed by atoms with Crippen LogP contribution in [0.2, 0.25) is 0 Å². The van der Waals surface area contributed by atoms with Gasteiger partial charge in [-0.25, -0.2) is 9.67 Å². The van der Waals surface area contributed by atoms with Gasteiger partial charge in [0.05, 0.1) is 30.5 Å². The Morgan fingerprint density at radius 1 is 1.21 bits per heavy atom. The van der Waals surface area contributed by atoms with E-state index in [2.05, 4.69) is 98.9 Å². The van der Waals surface area contributed by atoms with Gasteiger partial charge >= 0.3 is 0 Å². The maximum Gasteiger partial charge on any atom is 0.141 e. The number of aryl methyl sites for hydroxylation is 1. The molecule has 0 bridgehead atoms. The molecule has 0 radical (unpaired) electrons. The summed E-state index contributed by atoms with van der Waals surface area (Å²) in [4.78, 5) is 9.05. The Morgan fingerprint density at radius 2 is 2.08 bits per heavy atom. The number of anilines is 1. The van der Waals surface area contributed by atoms with Crippen molar-refractivity contribution in [3.05, 3.63) is 102 Å². The quantitative estimate of drug-likeness (QED) is 0.362. The molecule has 0 saturated carbocycles. The Hall–Kier alpha value is -3.91. The molecule has 39 heavy (non-hydrogen) atoms. The van der Waals surface area contributed by atoms with Gasteiger partial charge in [0.2, 0.25) is 0 Å². The lowest BCUT2D eigenvalue weighted by atomic mass is 10.0. The highest BCUT2D eigenvalue weighted by atomic mass is 15.4. The number of aromatic nitrogens is 3. The van der Waals surface area contributed by atoms with E-state index in [0.29, 0.717) is 0 Å². The number of allylic oxidation sites excluding steroid dienone is 5. The third-order valence-corrected chi connectivity index (χ3v) is 7.80. The molecular weight excluding hydrogens is 484 g/mol. The molecule has 0 saturated heterocycles. The molecule has 1 aromatic heterocycles. The van der Waals surface area contributed by atoms with E-state index >= 15 is 0 Å². The molecule has 204 valence electrons. The van der Waals surface area contributed by atoms with Crippen molar-refractivity contribution in [3.63, 3.8) is 0 Å². The lowest BCUT2D eigenvalue weighted by Crippen LogP contribution is -2.37. The average Bonchev–Trinajstić information content (AvgIpc) is 3.38. The predicted octanol–water partition coefficient (Wildman–Crippen LogP) is 4.81. The first-order valence-corrected chi connectivity index (χ1v) is 13.8. The minimum Gasteiger partial charge on any atom is -0.376 e.